The molecule has 0 aliphatic heterocycles. The van der Waals surface area contributed by atoms with E-state index in [0.717, 1.165) is 0 Å². The standard InChI is InChI=1S/C19H14Cl2N4O2/c1-26-18-7-8-23-19(14(18)10-22)25-9-3-4-13(25)11-24-27-12-15-16(20)5-2-6-17(15)21/h2-9,11H,12H2,1H3/b24-11+. The van der Waals surface area contributed by atoms with Crippen LogP contribution in [0, 0.1) is 11.3 Å². The van der Waals surface area contributed by atoms with Crippen LogP contribution in [0.25, 0.3) is 5.82 Å². The molecule has 8 heteroatoms. The summed E-state index contributed by atoms with van der Waals surface area (Å²) in [5.41, 5.74) is 1.67. The lowest BCUT2D eigenvalue weighted by atomic mass is 10.2. The fourth-order valence-corrected chi connectivity index (χ4v) is 2.95. The fraction of sp³-hybridized carbons (Fsp3) is 0.105. The predicted octanol–water partition coefficient (Wildman–Crippen LogP) is 4.61. The molecule has 136 valence electrons. The van der Waals surface area contributed by atoms with Crippen molar-refractivity contribution in [3.05, 3.63) is 75.7 Å². The summed E-state index contributed by atoms with van der Waals surface area (Å²) in [7, 11) is 1.51. The van der Waals surface area contributed by atoms with Crippen molar-refractivity contribution in [3.63, 3.8) is 0 Å². The minimum Gasteiger partial charge on any atom is -0.495 e. The highest BCUT2D eigenvalue weighted by molar-refractivity contribution is 6.35. The van der Waals surface area contributed by atoms with Crippen molar-refractivity contribution >= 4 is 29.4 Å². The summed E-state index contributed by atoms with van der Waals surface area (Å²) < 4.78 is 6.94. The largest absolute Gasteiger partial charge is 0.495 e. The van der Waals surface area contributed by atoms with Crippen LogP contribution >= 0.6 is 23.2 Å². The van der Waals surface area contributed by atoms with Crippen LogP contribution < -0.4 is 4.74 Å². The zero-order chi connectivity index (χ0) is 19.2. The number of halogens is 2. The van der Waals surface area contributed by atoms with E-state index in [-0.39, 0.29) is 6.61 Å². The molecule has 0 N–H and O–H groups in total. The highest BCUT2D eigenvalue weighted by Gasteiger charge is 2.13. The maximum Gasteiger partial charge on any atom is 0.158 e. The van der Waals surface area contributed by atoms with E-state index in [9.17, 15) is 5.26 Å². The number of ether oxygens (including phenoxy) is 1. The molecule has 6 nitrogen and oxygen atoms in total. The van der Waals surface area contributed by atoms with Crippen LogP contribution in [-0.2, 0) is 11.4 Å². The lowest BCUT2D eigenvalue weighted by Gasteiger charge is -2.10. The molecule has 0 radical (unpaired) electrons. The van der Waals surface area contributed by atoms with E-state index in [1.54, 1.807) is 41.2 Å². The number of hydrogen-bond acceptors (Lipinski definition) is 5. The number of aromatic nitrogens is 2. The molecule has 27 heavy (non-hydrogen) atoms. The first-order valence-electron chi connectivity index (χ1n) is 7.84. The first-order chi connectivity index (χ1) is 13.2. The number of nitriles is 1. The van der Waals surface area contributed by atoms with Gasteiger partial charge in [-0.1, -0.05) is 34.4 Å². The molecule has 3 aromatic rings. The van der Waals surface area contributed by atoms with E-state index in [2.05, 4.69) is 16.2 Å². The van der Waals surface area contributed by atoms with E-state index in [1.807, 2.05) is 12.1 Å². The van der Waals surface area contributed by atoms with Gasteiger partial charge >= 0.3 is 0 Å². The minimum atomic E-state index is 0.135. The van der Waals surface area contributed by atoms with Crippen molar-refractivity contribution in [3.8, 4) is 17.6 Å². The van der Waals surface area contributed by atoms with E-state index in [1.165, 1.54) is 13.3 Å². The molecule has 3 rings (SSSR count). The summed E-state index contributed by atoms with van der Waals surface area (Å²) >= 11 is 12.2. The van der Waals surface area contributed by atoms with Crippen molar-refractivity contribution < 1.29 is 9.57 Å². The third-order valence-corrected chi connectivity index (χ3v) is 4.47. The fourth-order valence-electron chi connectivity index (χ4n) is 2.45. The Morgan fingerprint density at radius 3 is 2.70 bits per heavy atom. The van der Waals surface area contributed by atoms with Crippen LogP contribution in [-0.4, -0.2) is 22.9 Å². The third kappa shape index (κ3) is 4.05. The van der Waals surface area contributed by atoms with Crippen LogP contribution in [0.5, 0.6) is 5.75 Å². The number of nitrogens with zero attached hydrogens (tertiary/aromatic N) is 4. The van der Waals surface area contributed by atoms with Gasteiger partial charge in [0.2, 0.25) is 0 Å². The van der Waals surface area contributed by atoms with Gasteiger partial charge in [0, 0.05) is 28.0 Å². The summed E-state index contributed by atoms with van der Waals surface area (Å²) in [5, 5.41) is 14.4. The smallest absolute Gasteiger partial charge is 0.158 e. The molecule has 0 bridgehead atoms. The van der Waals surface area contributed by atoms with Crippen LogP contribution in [0.2, 0.25) is 10.0 Å². The van der Waals surface area contributed by atoms with Crippen LogP contribution in [0.4, 0.5) is 0 Å². The maximum absolute atomic E-state index is 9.45. The SMILES string of the molecule is COc1ccnc(-n2cccc2/C=N/OCc2c(Cl)cccc2Cl)c1C#N. The molecule has 2 heterocycles. The van der Waals surface area contributed by atoms with Gasteiger partial charge in [-0.05, 0) is 30.3 Å². The van der Waals surface area contributed by atoms with Gasteiger partial charge in [0.05, 0.1) is 19.0 Å². The average molecular weight is 401 g/mol. The van der Waals surface area contributed by atoms with E-state index < -0.39 is 0 Å². The summed E-state index contributed by atoms with van der Waals surface area (Å²) in [6.07, 6.45) is 4.87. The van der Waals surface area contributed by atoms with Crippen LogP contribution in [0.15, 0.2) is 53.9 Å². The average Bonchev–Trinajstić information content (AvgIpc) is 3.14. The molecule has 0 saturated heterocycles. The van der Waals surface area contributed by atoms with E-state index in [4.69, 9.17) is 32.8 Å². The predicted molar refractivity (Wildman–Crippen MR) is 104 cm³/mol. The van der Waals surface area contributed by atoms with Crippen LogP contribution in [0.3, 0.4) is 0 Å². The van der Waals surface area contributed by atoms with Crippen molar-refractivity contribution in [1.29, 1.82) is 5.26 Å². The molecule has 2 aromatic heterocycles. The maximum atomic E-state index is 9.45. The molecule has 0 aliphatic carbocycles. The second kappa shape index (κ2) is 8.58. The Bertz CT molecular complexity index is 1000. The molecule has 0 atom stereocenters. The van der Waals surface area contributed by atoms with E-state index >= 15 is 0 Å². The molecule has 0 unspecified atom stereocenters. The Balaban J connectivity index is 1.81. The number of pyridine rings is 1. The lowest BCUT2D eigenvalue weighted by molar-refractivity contribution is 0.132. The first-order valence-corrected chi connectivity index (χ1v) is 8.60. The van der Waals surface area contributed by atoms with Crippen molar-refractivity contribution in [2.75, 3.05) is 7.11 Å². The second-order valence-corrected chi connectivity index (χ2v) is 6.15. The quantitative estimate of drug-likeness (QED) is 0.447. The molecule has 0 amide bonds. The van der Waals surface area contributed by atoms with Gasteiger partial charge < -0.3 is 9.57 Å². The number of hydrogen-bond donors (Lipinski definition) is 0. The molecular formula is C19H14Cl2N4O2. The topological polar surface area (TPSA) is 72.4 Å². The number of methoxy groups -OCH3 is 1. The normalized spacial score (nSPS) is 10.7. The Morgan fingerprint density at radius 1 is 1.22 bits per heavy atom. The first kappa shape index (κ1) is 18.8. The molecule has 0 aliphatic rings. The summed E-state index contributed by atoms with van der Waals surface area (Å²) in [6.45, 7) is 0.135. The molecule has 0 spiro atoms. The van der Waals surface area contributed by atoms with Gasteiger partial charge in [0.1, 0.15) is 24.0 Å². The summed E-state index contributed by atoms with van der Waals surface area (Å²) in [4.78, 5) is 9.61. The Labute approximate surface area is 166 Å². The van der Waals surface area contributed by atoms with Gasteiger partial charge in [-0.3, -0.25) is 4.57 Å². The summed E-state index contributed by atoms with van der Waals surface area (Å²) in [5.74, 6) is 0.890. The van der Waals surface area contributed by atoms with Crippen molar-refractivity contribution in [2.45, 2.75) is 6.61 Å². The Hall–Kier alpha value is -3.01. The molecule has 0 saturated carbocycles. The zero-order valence-corrected chi connectivity index (χ0v) is 15.8. The van der Waals surface area contributed by atoms with Crippen molar-refractivity contribution in [1.82, 2.24) is 9.55 Å². The van der Waals surface area contributed by atoms with Gasteiger partial charge in [-0.2, -0.15) is 5.26 Å². The molecule has 0 fully saturated rings. The monoisotopic (exact) mass is 400 g/mol. The van der Waals surface area contributed by atoms with Gasteiger partial charge in [0.25, 0.3) is 0 Å². The van der Waals surface area contributed by atoms with Gasteiger partial charge in [-0.15, -0.1) is 0 Å². The zero-order valence-electron chi connectivity index (χ0n) is 14.3. The third-order valence-electron chi connectivity index (χ3n) is 3.76. The highest BCUT2D eigenvalue weighted by Crippen LogP contribution is 2.25. The van der Waals surface area contributed by atoms with Crippen LogP contribution in [0.1, 0.15) is 16.8 Å². The van der Waals surface area contributed by atoms with E-state index in [0.29, 0.717) is 38.4 Å². The Kier molecular flexibility index (Phi) is 5.97. The molecular weight excluding hydrogens is 387 g/mol. The number of rotatable bonds is 6. The molecule has 1 aromatic carbocycles. The minimum absolute atomic E-state index is 0.135. The summed E-state index contributed by atoms with van der Waals surface area (Å²) in [6, 6.07) is 12.6. The Morgan fingerprint density at radius 2 is 2.00 bits per heavy atom. The second-order valence-electron chi connectivity index (χ2n) is 5.33. The lowest BCUT2D eigenvalue weighted by Crippen LogP contribution is -2.05. The van der Waals surface area contributed by atoms with Gasteiger partial charge in [0.15, 0.2) is 5.82 Å². The van der Waals surface area contributed by atoms with Gasteiger partial charge in [-0.25, -0.2) is 4.98 Å². The highest BCUT2D eigenvalue weighted by atomic mass is 35.5. The van der Waals surface area contributed by atoms with Crippen molar-refractivity contribution in [2.24, 2.45) is 5.16 Å². The number of oxime groups is 1. The number of benzene rings is 1.